The van der Waals surface area contributed by atoms with Gasteiger partial charge in [-0.05, 0) is 19.1 Å². The van der Waals surface area contributed by atoms with Crippen LogP contribution in [0.5, 0.6) is 0 Å². The number of nitrogens with one attached hydrogen (secondary N) is 3. The van der Waals surface area contributed by atoms with Gasteiger partial charge < -0.3 is 16.1 Å². The molecule has 0 atom stereocenters. The van der Waals surface area contributed by atoms with Gasteiger partial charge in [-0.3, -0.25) is 25.5 Å². The van der Waals surface area contributed by atoms with Gasteiger partial charge in [0.05, 0.1) is 11.5 Å². The Morgan fingerprint density at radius 2 is 2.05 bits per heavy atom. The molecule has 9 heteroatoms. The number of hydrazine groups is 1. The topological polar surface area (TPSA) is 139 Å². The minimum atomic E-state index is -0.619. The smallest absolute Gasteiger partial charge is 0.293 e. The summed E-state index contributed by atoms with van der Waals surface area (Å²) >= 11 is 0. The van der Waals surface area contributed by atoms with Gasteiger partial charge in [-0.1, -0.05) is 0 Å². The zero-order valence-corrected chi connectivity index (χ0v) is 10.8. The van der Waals surface area contributed by atoms with Crippen molar-refractivity contribution < 1.29 is 14.5 Å². The molecule has 108 valence electrons. The molecule has 0 saturated carbocycles. The lowest BCUT2D eigenvalue weighted by molar-refractivity contribution is -0.384. The lowest BCUT2D eigenvalue weighted by Gasteiger charge is -2.07. The molecule has 0 fully saturated rings. The number of nitrogens with zero attached hydrogens (tertiary/aromatic N) is 1. The molecule has 0 aromatic heterocycles. The first kappa shape index (κ1) is 15.4. The van der Waals surface area contributed by atoms with Crippen molar-refractivity contribution in [2.75, 3.05) is 18.5 Å². The van der Waals surface area contributed by atoms with Gasteiger partial charge >= 0.3 is 0 Å². The summed E-state index contributed by atoms with van der Waals surface area (Å²) in [6.45, 7) is 2.05. The lowest BCUT2D eigenvalue weighted by Crippen LogP contribution is -2.36. The molecular weight excluding hydrogens is 266 g/mol. The molecule has 0 spiro atoms. The average molecular weight is 281 g/mol. The van der Waals surface area contributed by atoms with Crippen molar-refractivity contribution in [3.05, 3.63) is 33.9 Å². The van der Waals surface area contributed by atoms with Gasteiger partial charge in [0.25, 0.3) is 11.6 Å². The number of likely N-dealkylation sites (N-methyl/N-ethyl adjacent to an activating group) is 1. The molecule has 1 aromatic rings. The number of carbonyl (C=O) groups is 2. The highest BCUT2D eigenvalue weighted by molar-refractivity contribution is 5.97. The Morgan fingerprint density at radius 3 is 2.60 bits per heavy atom. The fourth-order valence-electron chi connectivity index (χ4n) is 1.47. The zero-order valence-electron chi connectivity index (χ0n) is 10.8. The van der Waals surface area contributed by atoms with E-state index in [2.05, 4.69) is 16.1 Å². The van der Waals surface area contributed by atoms with Crippen LogP contribution >= 0.6 is 0 Å². The molecule has 0 heterocycles. The summed E-state index contributed by atoms with van der Waals surface area (Å²) in [5.41, 5.74) is 2.09. The normalized spacial score (nSPS) is 9.70. The van der Waals surface area contributed by atoms with Gasteiger partial charge in [0.15, 0.2) is 0 Å². The van der Waals surface area contributed by atoms with Crippen LogP contribution in [0.25, 0.3) is 0 Å². The first-order valence-electron chi connectivity index (χ1n) is 5.79. The molecule has 1 rings (SSSR count). The minimum Gasteiger partial charge on any atom is -0.355 e. The number of amides is 2. The van der Waals surface area contributed by atoms with E-state index in [-0.39, 0.29) is 29.4 Å². The number of carbonyl (C=O) groups excluding carboxylic acids is 2. The Morgan fingerprint density at radius 1 is 1.35 bits per heavy atom. The molecule has 2 amide bonds. The average Bonchev–Trinajstić information content (AvgIpc) is 2.44. The monoisotopic (exact) mass is 281 g/mol. The van der Waals surface area contributed by atoms with E-state index >= 15 is 0 Å². The Labute approximate surface area is 114 Å². The number of hydrogen-bond acceptors (Lipinski definition) is 6. The molecule has 0 aliphatic heterocycles. The number of nitrogens with two attached hydrogens (primary N) is 1. The maximum absolute atomic E-state index is 11.8. The second-order valence-corrected chi connectivity index (χ2v) is 3.77. The van der Waals surface area contributed by atoms with Gasteiger partial charge in [0.1, 0.15) is 5.69 Å². The highest BCUT2D eigenvalue weighted by Gasteiger charge is 2.16. The third-order valence-corrected chi connectivity index (χ3v) is 2.39. The van der Waals surface area contributed by atoms with E-state index in [4.69, 9.17) is 5.84 Å². The predicted molar refractivity (Wildman–Crippen MR) is 71.9 cm³/mol. The third kappa shape index (κ3) is 3.92. The summed E-state index contributed by atoms with van der Waals surface area (Å²) in [7, 11) is 0. The number of benzene rings is 1. The van der Waals surface area contributed by atoms with Crippen molar-refractivity contribution in [2.45, 2.75) is 6.92 Å². The molecule has 1 aromatic carbocycles. The standard InChI is InChI=1S/C11H15N5O4/c1-2-13-10(17)6-14-11(18)7-3-4-9(16(19)20)8(5-7)15-12/h3-5,15H,2,6,12H2,1H3,(H,13,17)(H,14,18). The number of anilines is 1. The van der Waals surface area contributed by atoms with Crippen molar-refractivity contribution in [2.24, 2.45) is 5.84 Å². The van der Waals surface area contributed by atoms with Crippen molar-refractivity contribution >= 4 is 23.2 Å². The van der Waals surface area contributed by atoms with Gasteiger partial charge in [0, 0.05) is 18.2 Å². The van der Waals surface area contributed by atoms with Gasteiger partial charge in [0.2, 0.25) is 5.91 Å². The van der Waals surface area contributed by atoms with Crippen LogP contribution < -0.4 is 21.9 Å². The molecule has 0 radical (unpaired) electrons. The van der Waals surface area contributed by atoms with Gasteiger partial charge in [-0.25, -0.2) is 0 Å². The summed E-state index contributed by atoms with van der Waals surface area (Å²) in [5.74, 6) is 4.32. The largest absolute Gasteiger partial charge is 0.355 e. The van der Waals surface area contributed by atoms with Crippen LogP contribution in [0.15, 0.2) is 18.2 Å². The predicted octanol–water partition coefficient (Wildman–Crippen LogP) is -0.254. The Balaban J connectivity index is 2.79. The van der Waals surface area contributed by atoms with Crippen LogP contribution in [0.1, 0.15) is 17.3 Å². The second kappa shape index (κ2) is 7.04. The Bertz CT molecular complexity index is 532. The van der Waals surface area contributed by atoms with Gasteiger partial charge in [-0.15, -0.1) is 0 Å². The Hall–Kier alpha value is -2.68. The van der Waals surface area contributed by atoms with E-state index in [1.807, 2.05) is 0 Å². The van der Waals surface area contributed by atoms with E-state index in [1.54, 1.807) is 6.92 Å². The molecule has 5 N–H and O–H groups in total. The molecule has 0 unspecified atom stereocenters. The van der Waals surface area contributed by atoms with Crippen LogP contribution in [-0.2, 0) is 4.79 Å². The molecule has 9 nitrogen and oxygen atoms in total. The first-order valence-corrected chi connectivity index (χ1v) is 5.79. The van der Waals surface area contributed by atoms with E-state index in [0.29, 0.717) is 6.54 Å². The minimum absolute atomic E-state index is 0.0145. The van der Waals surface area contributed by atoms with E-state index in [9.17, 15) is 19.7 Å². The van der Waals surface area contributed by atoms with Crippen molar-refractivity contribution in [1.29, 1.82) is 0 Å². The summed E-state index contributed by atoms with van der Waals surface area (Å²) in [6, 6.07) is 3.69. The molecule has 0 bridgehead atoms. The number of nitrogen functional groups attached to an aromatic ring is 1. The highest BCUT2D eigenvalue weighted by atomic mass is 16.6. The molecule has 0 aliphatic carbocycles. The van der Waals surface area contributed by atoms with Crippen LogP contribution in [0.3, 0.4) is 0 Å². The van der Waals surface area contributed by atoms with Crippen LogP contribution in [0.4, 0.5) is 11.4 Å². The summed E-state index contributed by atoms with van der Waals surface area (Å²) in [6.07, 6.45) is 0. The van der Waals surface area contributed by atoms with Crippen LogP contribution in [-0.4, -0.2) is 29.8 Å². The first-order chi connectivity index (χ1) is 9.49. The lowest BCUT2D eigenvalue weighted by atomic mass is 10.1. The third-order valence-electron chi connectivity index (χ3n) is 2.39. The number of hydrogen-bond donors (Lipinski definition) is 4. The molecule has 20 heavy (non-hydrogen) atoms. The fraction of sp³-hybridized carbons (Fsp3) is 0.273. The molecular formula is C11H15N5O4. The molecule has 0 aliphatic rings. The van der Waals surface area contributed by atoms with E-state index < -0.39 is 10.8 Å². The quantitative estimate of drug-likeness (QED) is 0.322. The fourth-order valence-corrected chi connectivity index (χ4v) is 1.47. The van der Waals surface area contributed by atoms with Crippen LogP contribution in [0, 0.1) is 10.1 Å². The SMILES string of the molecule is CCNC(=O)CNC(=O)c1ccc([N+](=O)[O-])c(NN)c1. The van der Waals surface area contributed by atoms with Crippen molar-refractivity contribution in [3.8, 4) is 0 Å². The number of nitro groups is 1. The van der Waals surface area contributed by atoms with Crippen molar-refractivity contribution in [3.63, 3.8) is 0 Å². The number of rotatable bonds is 6. The van der Waals surface area contributed by atoms with E-state index in [0.717, 1.165) is 6.07 Å². The summed E-state index contributed by atoms with van der Waals surface area (Å²) in [5, 5.41) is 15.6. The summed E-state index contributed by atoms with van der Waals surface area (Å²) < 4.78 is 0. The summed E-state index contributed by atoms with van der Waals surface area (Å²) in [4.78, 5) is 33.1. The maximum Gasteiger partial charge on any atom is 0.293 e. The van der Waals surface area contributed by atoms with E-state index in [1.165, 1.54) is 12.1 Å². The maximum atomic E-state index is 11.8. The second-order valence-electron chi connectivity index (χ2n) is 3.77. The van der Waals surface area contributed by atoms with Gasteiger partial charge in [-0.2, -0.15) is 0 Å². The Kier molecular flexibility index (Phi) is 5.42. The molecule has 0 saturated heterocycles. The zero-order chi connectivity index (χ0) is 15.1. The van der Waals surface area contributed by atoms with Crippen molar-refractivity contribution in [1.82, 2.24) is 10.6 Å². The highest BCUT2D eigenvalue weighted by Crippen LogP contribution is 2.24. The van der Waals surface area contributed by atoms with Crippen LogP contribution in [0.2, 0.25) is 0 Å². The number of nitro benzene ring substituents is 1.